The van der Waals surface area contributed by atoms with Crippen LogP contribution >= 0.6 is 0 Å². The molecule has 0 aromatic heterocycles. The molecule has 0 aromatic rings. The molecule has 1 atom stereocenters. The maximum absolute atomic E-state index is 11.6. The number of hydrogen-bond donors (Lipinski definition) is 3. The second kappa shape index (κ2) is 4.83. The summed E-state index contributed by atoms with van der Waals surface area (Å²) in [5.41, 5.74) is 4.91. The first-order chi connectivity index (χ1) is 6.35. The average molecular weight is 201 g/mol. The second-order valence-corrected chi connectivity index (χ2v) is 3.96. The molecule has 0 radical (unpaired) electrons. The van der Waals surface area contributed by atoms with Crippen LogP contribution in [0.1, 0.15) is 34.1 Å². The number of carbonyl (C=O) groups excluding carboxylic acids is 1. The zero-order valence-electron chi connectivity index (χ0n) is 9.16. The van der Waals surface area contributed by atoms with Crippen molar-refractivity contribution in [3.63, 3.8) is 0 Å². The number of carbonyl (C=O) groups is 1. The highest BCUT2D eigenvalue weighted by molar-refractivity contribution is 5.91. The van der Waals surface area contributed by atoms with E-state index in [1.54, 1.807) is 6.92 Å². The van der Waals surface area contributed by atoms with E-state index in [0.29, 0.717) is 0 Å². The third-order valence-corrected chi connectivity index (χ3v) is 2.41. The minimum atomic E-state index is -0.446. The quantitative estimate of drug-likeness (QED) is 0.270. The van der Waals surface area contributed by atoms with Crippen LogP contribution < -0.4 is 11.1 Å². The van der Waals surface area contributed by atoms with Crippen molar-refractivity contribution >= 4 is 11.7 Å². The van der Waals surface area contributed by atoms with Gasteiger partial charge in [-0.05, 0) is 13.3 Å². The Morgan fingerprint density at radius 1 is 1.64 bits per heavy atom. The van der Waals surface area contributed by atoms with Crippen molar-refractivity contribution in [1.29, 1.82) is 0 Å². The van der Waals surface area contributed by atoms with E-state index in [0.717, 1.165) is 6.42 Å². The van der Waals surface area contributed by atoms with Crippen LogP contribution in [0.3, 0.4) is 0 Å². The Hall–Kier alpha value is -1.26. The summed E-state index contributed by atoms with van der Waals surface area (Å²) >= 11 is 0. The fourth-order valence-electron chi connectivity index (χ4n) is 0.713. The Balaban J connectivity index is 4.34. The maximum Gasteiger partial charge on any atom is 0.226 e. The molecule has 0 aromatic carbocycles. The van der Waals surface area contributed by atoms with Crippen LogP contribution in [0.5, 0.6) is 0 Å². The molecule has 0 saturated heterocycles. The normalized spacial score (nSPS) is 15.0. The van der Waals surface area contributed by atoms with Gasteiger partial charge in [-0.15, -0.1) is 0 Å². The Morgan fingerprint density at radius 2 is 2.14 bits per heavy atom. The molecule has 1 amide bonds. The minimum Gasteiger partial charge on any atom is -0.409 e. The largest absolute Gasteiger partial charge is 0.409 e. The lowest BCUT2D eigenvalue weighted by atomic mass is 9.89. The minimum absolute atomic E-state index is 0.00486. The molecular weight excluding hydrogens is 182 g/mol. The lowest BCUT2D eigenvalue weighted by Crippen LogP contribution is -2.47. The lowest BCUT2D eigenvalue weighted by molar-refractivity contribution is -0.129. The monoisotopic (exact) mass is 201 g/mol. The van der Waals surface area contributed by atoms with Crippen LogP contribution in [-0.2, 0) is 4.79 Å². The SMILES string of the molecule is CCC(C)(C)C(=O)NC(C)C(N)=NO. The smallest absolute Gasteiger partial charge is 0.226 e. The van der Waals surface area contributed by atoms with Crippen molar-refractivity contribution in [2.75, 3.05) is 0 Å². The summed E-state index contributed by atoms with van der Waals surface area (Å²) in [4.78, 5) is 11.6. The van der Waals surface area contributed by atoms with Crippen LogP contribution in [0.25, 0.3) is 0 Å². The molecule has 0 saturated carbocycles. The number of amides is 1. The Bertz CT molecular complexity index is 236. The first-order valence-electron chi connectivity index (χ1n) is 4.63. The van der Waals surface area contributed by atoms with Crippen LogP contribution in [0, 0.1) is 5.41 Å². The number of nitrogens with zero attached hydrogens (tertiary/aromatic N) is 1. The van der Waals surface area contributed by atoms with Gasteiger partial charge in [-0.1, -0.05) is 25.9 Å². The number of nitrogens with one attached hydrogen (secondary N) is 1. The van der Waals surface area contributed by atoms with E-state index in [9.17, 15) is 4.79 Å². The zero-order valence-corrected chi connectivity index (χ0v) is 9.16. The Kier molecular flexibility index (Phi) is 4.40. The van der Waals surface area contributed by atoms with Gasteiger partial charge in [-0.25, -0.2) is 0 Å². The van der Waals surface area contributed by atoms with E-state index >= 15 is 0 Å². The van der Waals surface area contributed by atoms with Gasteiger partial charge in [0, 0.05) is 5.41 Å². The number of oxime groups is 1. The van der Waals surface area contributed by atoms with Gasteiger partial charge in [0.1, 0.15) is 0 Å². The molecule has 0 bridgehead atoms. The number of hydrogen-bond acceptors (Lipinski definition) is 3. The number of rotatable bonds is 4. The molecule has 4 N–H and O–H groups in total. The van der Waals surface area contributed by atoms with Gasteiger partial charge in [-0.2, -0.15) is 0 Å². The van der Waals surface area contributed by atoms with E-state index in [1.165, 1.54) is 0 Å². The maximum atomic E-state index is 11.6. The van der Waals surface area contributed by atoms with E-state index in [-0.39, 0.29) is 11.7 Å². The third kappa shape index (κ3) is 3.24. The molecule has 0 fully saturated rings. The molecule has 0 aliphatic rings. The Labute approximate surface area is 84.4 Å². The summed E-state index contributed by atoms with van der Waals surface area (Å²) in [5, 5.41) is 13.9. The summed E-state index contributed by atoms with van der Waals surface area (Å²) in [6, 6.07) is -0.446. The zero-order chi connectivity index (χ0) is 11.4. The van der Waals surface area contributed by atoms with Gasteiger partial charge >= 0.3 is 0 Å². The molecule has 82 valence electrons. The summed E-state index contributed by atoms with van der Waals surface area (Å²) < 4.78 is 0. The van der Waals surface area contributed by atoms with E-state index < -0.39 is 11.5 Å². The van der Waals surface area contributed by atoms with E-state index in [4.69, 9.17) is 10.9 Å². The standard InChI is InChI=1S/C9H19N3O2/c1-5-9(3,4)8(13)11-6(2)7(10)12-14/h6,14H,5H2,1-4H3,(H2,10,12)(H,11,13). The highest BCUT2D eigenvalue weighted by atomic mass is 16.4. The highest BCUT2D eigenvalue weighted by Gasteiger charge is 2.26. The number of nitrogens with two attached hydrogens (primary N) is 1. The van der Waals surface area contributed by atoms with Crippen molar-refractivity contribution in [2.45, 2.75) is 40.2 Å². The van der Waals surface area contributed by atoms with Gasteiger partial charge in [0.05, 0.1) is 6.04 Å². The molecule has 5 heteroatoms. The molecule has 0 rings (SSSR count). The van der Waals surface area contributed by atoms with Crippen LogP contribution in [-0.4, -0.2) is 23.0 Å². The van der Waals surface area contributed by atoms with Gasteiger partial charge in [0.15, 0.2) is 5.84 Å². The lowest BCUT2D eigenvalue weighted by Gasteiger charge is -2.23. The third-order valence-electron chi connectivity index (χ3n) is 2.41. The molecular formula is C9H19N3O2. The molecule has 5 nitrogen and oxygen atoms in total. The Morgan fingerprint density at radius 3 is 2.50 bits per heavy atom. The van der Waals surface area contributed by atoms with Gasteiger partial charge < -0.3 is 16.3 Å². The van der Waals surface area contributed by atoms with Gasteiger partial charge in [0.25, 0.3) is 0 Å². The second-order valence-electron chi connectivity index (χ2n) is 3.96. The molecule has 0 heterocycles. The topological polar surface area (TPSA) is 87.7 Å². The summed E-state index contributed by atoms with van der Waals surface area (Å²) in [6.07, 6.45) is 0.738. The molecule has 0 aliphatic carbocycles. The molecule has 0 aliphatic heterocycles. The predicted octanol–water partition coefficient (Wildman–Crippen LogP) is 0.674. The van der Waals surface area contributed by atoms with Crippen LogP contribution in [0.2, 0.25) is 0 Å². The molecule has 1 unspecified atom stereocenters. The van der Waals surface area contributed by atoms with Crippen molar-refractivity contribution in [1.82, 2.24) is 5.32 Å². The van der Waals surface area contributed by atoms with Crippen molar-refractivity contribution in [2.24, 2.45) is 16.3 Å². The van der Waals surface area contributed by atoms with Crippen LogP contribution in [0.4, 0.5) is 0 Å². The number of amidine groups is 1. The highest BCUT2D eigenvalue weighted by Crippen LogP contribution is 2.19. The average Bonchev–Trinajstić information content (AvgIpc) is 2.16. The van der Waals surface area contributed by atoms with E-state index in [1.807, 2.05) is 20.8 Å². The van der Waals surface area contributed by atoms with Crippen LogP contribution in [0.15, 0.2) is 5.16 Å². The predicted molar refractivity (Wildman–Crippen MR) is 55.1 cm³/mol. The van der Waals surface area contributed by atoms with E-state index in [2.05, 4.69) is 10.5 Å². The fourth-order valence-corrected chi connectivity index (χ4v) is 0.713. The molecule has 0 spiro atoms. The van der Waals surface area contributed by atoms with Gasteiger partial charge in [0.2, 0.25) is 5.91 Å². The first kappa shape index (κ1) is 12.7. The summed E-state index contributed by atoms with van der Waals surface area (Å²) in [6.45, 7) is 7.30. The summed E-state index contributed by atoms with van der Waals surface area (Å²) in [7, 11) is 0. The molecule has 14 heavy (non-hydrogen) atoms. The van der Waals surface area contributed by atoms with Crippen molar-refractivity contribution in [3.8, 4) is 0 Å². The first-order valence-corrected chi connectivity index (χ1v) is 4.63. The van der Waals surface area contributed by atoms with Crippen molar-refractivity contribution < 1.29 is 10.0 Å². The van der Waals surface area contributed by atoms with Crippen molar-refractivity contribution in [3.05, 3.63) is 0 Å². The summed E-state index contributed by atoms with van der Waals surface area (Å²) in [5.74, 6) is -0.0932. The fraction of sp³-hybridized carbons (Fsp3) is 0.778. The van der Waals surface area contributed by atoms with Gasteiger partial charge in [-0.3, -0.25) is 4.79 Å².